The average Bonchev–Trinajstić information content (AvgIpc) is 2.61. The summed E-state index contributed by atoms with van der Waals surface area (Å²) in [5, 5.41) is 0. The van der Waals surface area contributed by atoms with Crippen molar-refractivity contribution in [2.75, 3.05) is 0 Å². The van der Waals surface area contributed by atoms with Gasteiger partial charge in [0.1, 0.15) is 0 Å². The van der Waals surface area contributed by atoms with Crippen molar-refractivity contribution in [1.29, 1.82) is 0 Å². The topological polar surface area (TPSA) is 54.0 Å². The van der Waals surface area contributed by atoms with Crippen molar-refractivity contribution < 1.29 is 21.6 Å². The predicted octanol–water partition coefficient (Wildman–Crippen LogP) is 7.22. The lowest BCUT2D eigenvalue weighted by atomic mass is 10.4. The second-order valence-electron chi connectivity index (χ2n) is 9.93. The normalized spacial score (nSPS) is 17.2. The fraction of sp³-hybridized carbons (Fsp3) is 0.857. The monoisotopic (exact) mass is 492 g/mol. The van der Waals surface area contributed by atoms with E-state index in [0.29, 0.717) is 0 Å². The maximum absolute atomic E-state index is 12.3. The average molecular weight is 493 g/mol. The van der Waals surface area contributed by atoms with Gasteiger partial charge in [-0.3, -0.25) is 0 Å². The van der Waals surface area contributed by atoms with Crippen LogP contribution in [-0.2, 0) is 21.6 Å². The van der Waals surface area contributed by atoms with Crippen molar-refractivity contribution >= 4 is 40.0 Å². The Balaban J connectivity index is 5.78. The Kier molecular flexibility index (Phi) is 12.2. The lowest BCUT2D eigenvalue weighted by Gasteiger charge is -2.45. The molecule has 0 radical (unpaired) electrons. The number of rotatable bonds is 15. The van der Waals surface area contributed by atoms with Crippen LogP contribution in [0.25, 0.3) is 0 Å². The minimum Gasteiger partial charge on any atom is -0.491 e. The molecule has 9 heteroatoms. The molecule has 0 aromatic rings. The van der Waals surface area contributed by atoms with E-state index in [1.54, 1.807) is 0 Å². The molecular formula is C21H48O5Si4. The Labute approximate surface area is 190 Å². The minimum atomic E-state index is -2.91. The molecule has 0 fully saturated rings. The molecule has 0 aliphatic heterocycles. The summed E-state index contributed by atoms with van der Waals surface area (Å²) in [4.78, 5) is 12.3. The quantitative estimate of drug-likeness (QED) is 0.178. The highest BCUT2D eigenvalue weighted by atomic mass is 28.5. The van der Waals surface area contributed by atoms with Crippen LogP contribution < -0.4 is 0 Å². The van der Waals surface area contributed by atoms with Crippen molar-refractivity contribution in [1.82, 2.24) is 0 Å². The zero-order valence-corrected chi connectivity index (χ0v) is 25.5. The lowest BCUT2D eigenvalue weighted by molar-refractivity contribution is -0.131. The van der Waals surface area contributed by atoms with Gasteiger partial charge < -0.3 is 16.8 Å². The van der Waals surface area contributed by atoms with Crippen LogP contribution in [-0.4, -0.2) is 40.0 Å². The zero-order valence-electron chi connectivity index (χ0n) is 21.5. The minimum absolute atomic E-state index is 0.160. The van der Waals surface area contributed by atoms with Gasteiger partial charge in [0.25, 0.3) is 0 Å². The first-order valence-electron chi connectivity index (χ1n) is 11.6. The standard InChI is InChI=1S/C21H48O5Si4/c1-13-17-18-27(7,8)24-28(9,10)25-29(11,12)26-30(19(5)14-2,20(6)15-3)23-21(22)16-4/h16,19-20H,4,13-15,17-18H2,1-3,5-12H3. The highest BCUT2D eigenvalue weighted by Gasteiger charge is 2.55. The molecule has 0 bridgehead atoms. The molecular weight excluding hydrogens is 445 g/mol. The van der Waals surface area contributed by atoms with Crippen LogP contribution in [0.3, 0.4) is 0 Å². The Hall–Kier alpha value is -0.0425. The summed E-state index contributed by atoms with van der Waals surface area (Å²) in [5.74, 6) is -0.395. The van der Waals surface area contributed by atoms with Gasteiger partial charge in [-0.1, -0.05) is 66.9 Å². The summed E-state index contributed by atoms with van der Waals surface area (Å²) in [5.41, 5.74) is 0.320. The summed E-state index contributed by atoms with van der Waals surface area (Å²) >= 11 is 0. The second kappa shape index (κ2) is 12.3. The van der Waals surface area contributed by atoms with Gasteiger partial charge in [0.15, 0.2) is 8.32 Å². The first-order valence-corrected chi connectivity index (χ1v) is 22.3. The molecule has 0 N–H and O–H groups in total. The van der Waals surface area contributed by atoms with E-state index in [2.05, 4.69) is 80.5 Å². The molecule has 0 rings (SSSR count). The molecule has 2 atom stereocenters. The molecule has 0 saturated heterocycles. The number of hydrogen-bond acceptors (Lipinski definition) is 5. The molecule has 0 aromatic heterocycles. The van der Waals surface area contributed by atoms with Crippen molar-refractivity contribution in [3.8, 4) is 0 Å². The van der Waals surface area contributed by atoms with Gasteiger partial charge in [-0.15, -0.1) is 0 Å². The molecule has 0 spiro atoms. The van der Waals surface area contributed by atoms with E-state index in [9.17, 15) is 4.79 Å². The summed E-state index contributed by atoms with van der Waals surface area (Å²) in [6.45, 7) is 27.3. The third-order valence-corrected chi connectivity index (χ3v) is 22.6. The van der Waals surface area contributed by atoms with Gasteiger partial charge in [-0.2, -0.15) is 0 Å². The number of carbonyl (C=O) groups excluding carboxylic acids is 1. The maximum atomic E-state index is 12.3. The van der Waals surface area contributed by atoms with E-state index in [0.717, 1.165) is 18.9 Å². The second-order valence-corrected chi connectivity index (χ2v) is 25.6. The highest BCUT2D eigenvalue weighted by molar-refractivity contribution is 6.89. The number of unbranched alkanes of at least 4 members (excludes halogenated alkanes) is 1. The van der Waals surface area contributed by atoms with Gasteiger partial charge in [0.05, 0.1) is 0 Å². The maximum Gasteiger partial charge on any atom is 0.398 e. The lowest BCUT2D eigenvalue weighted by Crippen LogP contribution is -2.61. The van der Waals surface area contributed by atoms with Crippen molar-refractivity contribution in [2.24, 2.45) is 0 Å². The number of hydrogen-bond donors (Lipinski definition) is 0. The van der Waals surface area contributed by atoms with Crippen LogP contribution in [0.4, 0.5) is 0 Å². The van der Waals surface area contributed by atoms with Crippen LogP contribution in [0, 0.1) is 0 Å². The molecule has 0 aromatic carbocycles. The first kappa shape index (κ1) is 30.0. The zero-order chi connectivity index (χ0) is 23.8. The molecule has 178 valence electrons. The van der Waals surface area contributed by atoms with E-state index < -0.39 is 40.0 Å². The Bertz CT molecular complexity index is 542. The molecule has 30 heavy (non-hydrogen) atoms. The fourth-order valence-corrected chi connectivity index (χ4v) is 24.5. The summed E-state index contributed by atoms with van der Waals surface area (Å²) in [6, 6.07) is 1.14. The van der Waals surface area contributed by atoms with E-state index in [1.165, 1.54) is 18.9 Å². The smallest absolute Gasteiger partial charge is 0.398 e. The summed E-state index contributed by atoms with van der Waals surface area (Å²) in [7, 11) is -9.73. The Morgan fingerprint density at radius 3 is 1.73 bits per heavy atom. The van der Waals surface area contributed by atoms with Crippen LogP contribution in [0.2, 0.25) is 56.4 Å². The molecule has 0 aliphatic carbocycles. The molecule has 0 saturated carbocycles. The van der Waals surface area contributed by atoms with E-state index in [4.69, 9.17) is 16.8 Å². The molecule has 5 nitrogen and oxygen atoms in total. The van der Waals surface area contributed by atoms with E-state index in [1.807, 2.05) is 0 Å². The van der Waals surface area contributed by atoms with Gasteiger partial charge in [-0.05, 0) is 45.3 Å². The number of carbonyl (C=O) groups is 1. The summed E-state index contributed by atoms with van der Waals surface area (Å²) in [6.07, 6.45) is 5.39. The van der Waals surface area contributed by atoms with Crippen LogP contribution in [0.1, 0.15) is 60.3 Å². The van der Waals surface area contributed by atoms with E-state index in [-0.39, 0.29) is 11.1 Å². The highest BCUT2D eigenvalue weighted by Crippen LogP contribution is 2.41. The molecule has 0 amide bonds. The van der Waals surface area contributed by atoms with Crippen LogP contribution in [0.5, 0.6) is 0 Å². The van der Waals surface area contributed by atoms with Gasteiger partial charge >= 0.3 is 31.7 Å². The first-order chi connectivity index (χ1) is 13.6. The SMILES string of the molecule is C=CC(=O)O[Si](O[Si](C)(C)O[Si](C)(C)O[Si](C)(C)CCCC)(C(C)CC)C(C)CC. The van der Waals surface area contributed by atoms with Gasteiger partial charge in [-0.25, -0.2) is 4.79 Å². The largest absolute Gasteiger partial charge is 0.491 e. The fourth-order valence-electron chi connectivity index (χ4n) is 4.01. The van der Waals surface area contributed by atoms with Crippen LogP contribution >= 0.6 is 0 Å². The van der Waals surface area contributed by atoms with E-state index >= 15 is 0 Å². The van der Waals surface area contributed by atoms with Gasteiger partial charge in [0.2, 0.25) is 0 Å². The Morgan fingerprint density at radius 1 is 0.867 bits per heavy atom. The van der Waals surface area contributed by atoms with Gasteiger partial charge in [0, 0.05) is 17.2 Å². The van der Waals surface area contributed by atoms with Crippen LogP contribution in [0.15, 0.2) is 12.7 Å². The predicted molar refractivity (Wildman–Crippen MR) is 137 cm³/mol. The van der Waals surface area contributed by atoms with Crippen molar-refractivity contribution in [3.63, 3.8) is 0 Å². The molecule has 0 aliphatic rings. The molecule has 0 heterocycles. The third-order valence-electron chi connectivity index (χ3n) is 5.58. The molecule has 2 unspecified atom stereocenters. The third kappa shape index (κ3) is 9.62. The van der Waals surface area contributed by atoms with Crippen molar-refractivity contribution in [3.05, 3.63) is 12.7 Å². The summed E-state index contributed by atoms with van der Waals surface area (Å²) < 4.78 is 26.3. The Morgan fingerprint density at radius 2 is 1.33 bits per heavy atom. The van der Waals surface area contributed by atoms with Crippen molar-refractivity contribution in [2.45, 2.75) is 117 Å².